The average Bonchev–Trinajstić information content (AvgIpc) is 2.71. The highest BCUT2D eigenvalue weighted by Gasteiger charge is 2.31. The van der Waals surface area contributed by atoms with Crippen LogP contribution in [0.4, 0.5) is 4.79 Å². The van der Waals surface area contributed by atoms with Crippen LogP contribution >= 0.6 is 0 Å². The summed E-state index contributed by atoms with van der Waals surface area (Å²) in [5.74, 6) is -2.30. The summed E-state index contributed by atoms with van der Waals surface area (Å²) in [7, 11) is 0. The van der Waals surface area contributed by atoms with Gasteiger partial charge in [-0.2, -0.15) is 0 Å². The largest absolute Gasteiger partial charge is 0.465 e. The van der Waals surface area contributed by atoms with E-state index in [1.54, 1.807) is 90.0 Å². The molecule has 1 unspecified atom stereocenters. The third-order valence-corrected chi connectivity index (χ3v) is 5.21. The maximum Gasteiger partial charge on any atom is 0.407 e. The first-order chi connectivity index (χ1) is 19.2. The smallest absolute Gasteiger partial charge is 0.407 e. The highest BCUT2D eigenvalue weighted by molar-refractivity contribution is 5.78. The van der Waals surface area contributed by atoms with Crippen molar-refractivity contribution in [1.82, 2.24) is 14.7 Å². The summed E-state index contributed by atoms with van der Waals surface area (Å²) in [6.07, 6.45) is -1.25. The van der Waals surface area contributed by atoms with E-state index in [9.17, 15) is 29.1 Å². The van der Waals surface area contributed by atoms with Crippen molar-refractivity contribution in [2.45, 2.75) is 118 Å². The molecule has 0 saturated heterocycles. The number of carbonyl (C=O) groups excluding carboxylic acids is 4. The van der Waals surface area contributed by atoms with Crippen molar-refractivity contribution in [3.05, 3.63) is 0 Å². The van der Waals surface area contributed by atoms with Gasteiger partial charge < -0.3 is 29.0 Å². The Morgan fingerprint density at radius 1 is 0.558 bits per heavy atom. The fourth-order valence-corrected chi connectivity index (χ4v) is 3.63. The highest BCUT2D eigenvalue weighted by Crippen LogP contribution is 2.14. The molecule has 13 nitrogen and oxygen atoms in total. The van der Waals surface area contributed by atoms with Crippen molar-refractivity contribution in [1.29, 1.82) is 0 Å². The van der Waals surface area contributed by atoms with Crippen molar-refractivity contribution in [3.8, 4) is 0 Å². The lowest BCUT2D eigenvalue weighted by molar-refractivity contribution is -0.164. The zero-order chi connectivity index (χ0) is 34.0. The summed E-state index contributed by atoms with van der Waals surface area (Å²) in [5, 5.41) is 9.93. The van der Waals surface area contributed by atoms with Crippen LogP contribution in [0.3, 0.4) is 0 Å². The quantitative estimate of drug-likeness (QED) is 0.225. The molecule has 43 heavy (non-hydrogen) atoms. The van der Waals surface area contributed by atoms with Gasteiger partial charge in [0.15, 0.2) is 0 Å². The van der Waals surface area contributed by atoms with Crippen molar-refractivity contribution in [2.24, 2.45) is 0 Å². The molecule has 0 radical (unpaired) electrons. The van der Waals surface area contributed by atoms with E-state index in [2.05, 4.69) is 0 Å². The molecule has 1 N–H and O–H groups in total. The molecule has 13 heteroatoms. The summed E-state index contributed by atoms with van der Waals surface area (Å²) in [6.45, 7) is 21.3. The monoisotopic (exact) mass is 617 g/mol. The number of hydrogen-bond acceptors (Lipinski definition) is 11. The molecule has 0 rings (SSSR count). The number of ether oxygens (including phenoxy) is 4. The summed E-state index contributed by atoms with van der Waals surface area (Å²) in [5.41, 5.74) is -3.01. The van der Waals surface area contributed by atoms with Gasteiger partial charge in [-0.05, 0) is 90.0 Å². The topological polar surface area (TPSA) is 152 Å². The lowest BCUT2D eigenvalue weighted by Crippen LogP contribution is -2.50. The van der Waals surface area contributed by atoms with Gasteiger partial charge in [0.25, 0.3) is 0 Å². The molecule has 1 amide bonds. The minimum atomic E-state index is -1.25. The van der Waals surface area contributed by atoms with E-state index in [1.807, 2.05) is 0 Å². The van der Waals surface area contributed by atoms with E-state index >= 15 is 0 Å². The number of nitrogens with zero attached hydrogens (tertiary/aromatic N) is 3. The zero-order valence-corrected chi connectivity index (χ0v) is 28.5. The normalized spacial score (nSPS) is 13.4. The number of carbonyl (C=O) groups is 5. The maximum absolute atomic E-state index is 12.8. The first kappa shape index (κ1) is 40.1. The SMILES string of the molecule is CC(C(=O)OC(C)(C)C)N(CCN(CCN(CC(=O)OC(C)(C)C)CC(=O)OC(C)(C)C)C(=O)O)CC(=O)OC(C)(C)C. The Morgan fingerprint density at radius 2 is 0.907 bits per heavy atom. The zero-order valence-electron chi connectivity index (χ0n) is 28.5. The van der Waals surface area contributed by atoms with Crippen molar-refractivity contribution < 1.29 is 48.0 Å². The Balaban J connectivity index is 5.77. The van der Waals surface area contributed by atoms with E-state index in [0.29, 0.717) is 0 Å². The molecule has 0 aliphatic rings. The maximum atomic E-state index is 12.8. The van der Waals surface area contributed by atoms with Crippen LogP contribution in [0.1, 0.15) is 90.0 Å². The van der Waals surface area contributed by atoms with Gasteiger partial charge in [0.2, 0.25) is 0 Å². The number of rotatable bonds is 14. The Kier molecular flexibility index (Phi) is 15.1. The molecular weight excluding hydrogens is 562 g/mol. The van der Waals surface area contributed by atoms with Crippen LogP contribution in [-0.4, -0.2) is 124 Å². The predicted molar refractivity (Wildman–Crippen MR) is 160 cm³/mol. The predicted octanol–water partition coefficient (Wildman–Crippen LogP) is 3.33. The van der Waals surface area contributed by atoms with Crippen molar-refractivity contribution in [2.75, 3.05) is 45.8 Å². The minimum Gasteiger partial charge on any atom is -0.465 e. The molecule has 0 saturated carbocycles. The Labute approximate surface area is 257 Å². The fraction of sp³-hybridized carbons (Fsp3) is 0.833. The number of esters is 4. The number of carboxylic acid groups (broad SMARTS) is 1. The van der Waals surface area contributed by atoms with Crippen molar-refractivity contribution >= 4 is 30.0 Å². The molecule has 0 fully saturated rings. The molecular formula is C30H55N3O10. The molecule has 0 heterocycles. The van der Waals surface area contributed by atoms with E-state index in [1.165, 1.54) is 9.80 Å². The summed E-state index contributed by atoms with van der Waals surface area (Å²) < 4.78 is 21.7. The lowest BCUT2D eigenvalue weighted by atomic mass is 10.2. The molecule has 250 valence electrons. The summed E-state index contributed by atoms with van der Waals surface area (Å²) >= 11 is 0. The summed E-state index contributed by atoms with van der Waals surface area (Å²) in [4.78, 5) is 66.7. The van der Waals surface area contributed by atoms with Crippen LogP contribution in [0.25, 0.3) is 0 Å². The second-order valence-electron chi connectivity index (χ2n) is 14.4. The second kappa shape index (κ2) is 16.2. The van der Waals surface area contributed by atoms with Crippen LogP contribution < -0.4 is 0 Å². The standard InChI is InChI=1S/C30H55N3O10/c1-21(25(37)43-30(11,12)13)33(20-24(36)42-29(8,9)10)17-16-32(26(38)39)15-14-31(18-22(34)40-27(2,3)4)19-23(35)41-28(5,6)7/h21H,14-20H2,1-13H3,(H,38,39). The molecule has 0 aliphatic carbocycles. The molecule has 0 aromatic rings. The van der Waals surface area contributed by atoms with Gasteiger partial charge in [-0.15, -0.1) is 0 Å². The van der Waals surface area contributed by atoms with Gasteiger partial charge >= 0.3 is 30.0 Å². The Hall–Kier alpha value is -2.93. The fourth-order valence-electron chi connectivity index (χ4n) is 3.63. The molecule has 0 bridgehead atoms. The Morgan fingerprint density at radius 3 is 1.26 bits per heavy atom. The third kappa shape index (κ3) is 20.6. The average molecular weight is 618 g/mol. The molecule has 0 aromatic carbocycles. The van der Waals surface area contributed by atoms with Gasteiger partial charge in [0, 0.05) is 26.2 Å². The van der Waals surface area contributed by atoms with E-state index in [4.69, 9.17) is 18.9 Å². The van der Waals surface area contributed by atoms with Crippen molar-refractivity contribution in [3.63, 3.8) is 0 Å². The van der Waals surface area contributed by atoms with Crippen LogP contribution in [0.5, 0.6) is 0 Å². The molecule has 0 aromatic heterocycles. The van der Waals surface area contributed by atoms with E-state index < -0.39 is 58.4 Å². The molecule has 1 atom stereocenters. The first-order valence-electron chi connectivity index (χ1n) is 14.5. The number of amides is 1. The van der Waals surface area contributed by atoms with Gasteiger partial charge in [0.05, 0.1) is 19.6 Å². The third-order valence-electron chi connectivity index (χ3n) is 5.21. The highest BCUT2D eigenvalue weighted by atomic mass is 16.6. The molecule has 0 aliphatic heterocycles. The van der Waals surface area contributed by atoms with Gasteiger partial charge in [-0.3, -0.25) is 29.0 Å². The van der Waals surface area contributed by atoms with Crippen LogP contribution in [0.2, 0.25) is 0 Å². The van der Waals surface area contributed by atoms with Crippen LogP contribution in [0.15, 0.2) is 0 Å². The van der Waals surface area contributed by atoms with Gasteiger partial charge in [-0.1, -0.05) is 0 Å². The Bertz CT molecular complexity index is 925. The van der Waals surface area contributed by atoms with E-state index in [-0.39, 0.29) is 45.8 Å². The van der Waals surface area contributed by atoms with E-state index in [0.717, 1.165) is 4.90 Å². The molecule has 0 spiro atoms. The van der Waals surface area contributed by atoms with Gasteiger partial charge in [-0.25, -0.2) is 4.79 Å². The summed E-state index contributed by atoms with van der Waals surface area (Å²) in [6, 6.07) is -0.877. The minimum absolute atomic E-state index is 0.00405. The van der Waals surface area contributed by atoms with Gasteiger partial charge in [0.1, 0.15) is 28.4 Å². The van der Waals surface area contributed by atoms with Crippen LogP contribution in [-0.2, 0) is 38.1 Å². The second-order valence-corrected chi connectivity index (χ2v) is 14.4. The number of hydrogen-bond donors (Lipinski definition) is 1. The first-order valence-corrected chi connectivity index (χ1v) is 14.5. The lowest BCUT2D eigenvalue weighted by Gasteiger charge is -2.32. The van der Waals surface area contributed by atoms with Crippen LogP contribution in [0, 0.1) is 0 Å².